The number of ether oxygens (including phenoxy) is 1. The van der Waals surface area contributed by atoms with Crippen molar-refractivity contribution < 1.29 is 22.7 Å². The molecule has 1 aliphatic carbocycles. The van der Waals surface area contributed by atoms with E-state index in [1.165, 1.54) is 0 Å². The molecule has 2 heterocycles. The number of rotatable bonds is 3. The van der Waals surface area contributed by atoms with Crippen LogP contribution in [0.1, 0.15) is 48.8 Å². The first-order valence-corrected chi connectivity index (χ1v) is 10.4. The van der Waals surface area contributed by atoms with E-state index in [0.29, 0.717) is 30.6 Å². The SMILES string of the molecule is Nc1cc(C(F)(F)F)cc2c1CCN(C(=O)C1CC[C@@H](NC3CCOCC3)C1)C2. The van der Waals surface area contributed by atoms with Crippen molar-refractivity contribution in [2.75, 3.05) is 25.5 Å². The van der Waals surface area contributed by atoms with Crippen molar-refractivity contribution in [1.29, 1.82) is 0 Å². The molecule has 3 aliphatic rings. The van der Waals surface area contributed by atoms with E-state index in [2.05, 4.69) is 5.32 Å². The molecule has 1 unspecified atom stereocenters. The van der Waals surface area contributed by atoms with Gasteiger partial charge in [0.2, 0.25) is 5.91 Å². The smallest absolute Gasteiger partial charge is 0.398 e. The van der Waals surface area contributed by atoms with Gasteiger partial charge in [0.15, 0.2) is 0 Å². The van der Waals surface area contributed by atoms with E-state index in [1.54, 1.807) is 4.90 Å². The zero-order chi connectivity index (χ0) is 20.6. The third kappa shape index (κ3) is 4.53. The van der Waals surface area contributed by atoms with Gasteiger partial charge in [-0.3, -0.25) is 4.79 Å². The van der Waals surface area contributed by atoms with Crippen LogP contribution in [0.4, 0.5) is 18.9 Å². The van der Waals surface area contributed by atoms with Crippen molar-refractivity contribution in [1.82, 2.24) is 10.2 Å². The number of nitrogen functional groups attached to an aromatic ring is 1. The van der Waals surface area contributed by atoms with E-state index in [0.717, 1.165) is 63.0 Å². The number of nitrogens with two attached hydrogens (primary N) is 1. The third-order valence-corrected chi connectivity index (χ3v) is 6.48. The van der Waals surface area contributed by atoms with Crippen LogP contribution >= 0.6 is 0 Å². The first kappa shape index (κ1) is 20.5. The van der Waals surface area contributed by atoms with Crippen LogP contribution in [-0.4, -0.2) is 42.6 Å². The Morgan fingerprint density at radius 3 is 2.62 bits per heavy atom. The Morgan fingerprint density at radius 1 is 1.14 bits per heavy atom. The number of hydrogen-bond acceptors (Lipinski definition) is 4. The summed E-state index contributed by atoms with van der Waals surface area (Å²) in [5.41, 5.74) is 6.56. The van der Waals surface area contributed by atoms with Gasteiger partial charge in [0, 0.05) is 50.0 Å². The van der Waals surface area contributed by atoms with Crippen molar-refractivity contribution in [3.63, 3.8) is 0 Å². The number of nitrogens with zero attached hydrogens (tertiary/aromatic N) is 1. The molecule has 29 heavy (non-hydrogen) atoms. The van der Waals surface area contributed by atoms with E-state index < -0.39 is 11.7 Å². The van der Waals surface area contributed by atoms with Crippen molar-refractivity contribution >= 4 is 11.6 Å². The van der Waals surface area contributed by atoms with Gasteiger partial charge in [0.25, 0.3) is 0 Å². The van der Waals surface area contributed by atoms with Gasteiger partial charge in [-0.05, 0) is 61.8 Å². The molecule has 0 aromatic heterocycles. The summed E-state index contributed by atoms with van der Waals surface area (Å²) in [6, 6.07) is 2.93. The molecule has 2 atom stereocenters. The van der Waals surface area contributed by atoms with Crippen LogP contribution in [0.2, 0.25) is 0 Å². The Hall–Kier alpha value is -1.80. The van der Waals surface area contributed by atoms with Gasteiger partial charge in [0.05, 0.1) is 5.56 Å². The summed E-state index contributed by atoms with van der Waals surface area (Å²) in [7, 11) is 0. The van der Waals surface area contributed by atoms with Crippen molar-refractivity contribution in [3.8, 4) is 0 Å². The van der Waals surface area contributed by atoms with Gasteiger partial charge in [0.1, 0.15) is 0 Å². The molecule has 0 bridgehead atoms. The average molecular weight is 411 g/mol. The number of carbonyl (C=O) groups is 1. The number of fused-ring (bicyclic) bond motifs is 1. The second-order valence-corrected chi connectivity index (χ2v) is 8.47. The Balaban J connectivity index is 1.39. The molecule has 5 nitrogen and oxygen atoms in total. The van der Waals surface area contributed by atoms with Crippen molar-refractivity contribution in [2.45, 2.75) is 63.3 Å². The fourth-order valence-electron chi connectivity index (χ4n) is 4.90. The zero-order valence-corrected chi connectivity index (χ0v) is 16.4. The first-order valence-electron chi connectivity index (χ1n) is 10.4. The Labute approximate surface area is 168 Å². The van der Waals surface area contributed by atoms with Crippen LogP contribution < -0.4 is 11.1 Å². The highest BCUT2D eigenvalue weighted by Gasteiger charge is 2.36. The van der Waals surface area contributed by atoms with Crippen LogP contribution in [0.15, 0.2) is 12.1 Å². The summed E-state index contributed by atoms with van der Waals surface area (Å²) in [5, 5.41) is 3.66. The minimum absolute atomic E-state index is 0.0583. The lowest BCUT2D eigenvalue weighted by Crippen LogP contribution is -2.42. The Morgan fingerprint density at radius 2 is 1.90 bits per heavy atom. The third-order valence-electron chi connectivity index (χ3n) is 6.48. The molecule has 1 saturated carbocycles. The highest BCUT2D eigenvalue weighted by atomic mass is 19.4. The number of anilines is 1. The molecule has 1 saturated heterocycles. The normalized spacial score (nSPS) is 25.8. The molecule has 2 aliphatic heterocycles. The van der Waals surface area contributed by atoms with Gasteiger partial charge >= 0.3 is 6.18 Å². The van der Waals surface area contributed by atoms with Crippen LogP contribution in [-0.2, 0) is 28.7 Å². The monoisotopic (exact) mass is 411 g/mol. The number of alkyl halides is 3. The summed E-state index contributed by atoms with van der Waals surface area (Å²) in [4.78, 5) is 14.8. The molecular weight excluding hydrogens is 383 g/mol. The topological polar surface area (TPSA) is 67.6 Å². The molecular formula is C21H28F3N3O2. The molecule has 1 amide bonds. The van der Waals surface area contributed by atoms with Gasteiger partial charge in [-0.15, -0.1) is 0 Å². The van der Waals surface area contributed by atoms with E-state index in [4.69, 9.17) is 10.5 Å². The van der Waals surface area contributed by atoms with Crippen molar-refractivity contribution in [2.24, 2.45) is 5.92 Å². The molecule has 1 aromatic carbocycles. The lowest BCUT2D eigenvalue weighted by Gasteiger charge is -2.32. The summed E-state index contributed by atoms with van der Waals surface area (Å²) < 4.78 is 44.8. The second-order valence-electron chi connectivity index (χ2n) is 8.47. The standard InChI is InChI=1S/C21H28F3N3O2/c22-21(23,24)15-9-14-12-27(6-3-18(14)19(25)11-15)20(28)13-1-2-17(10-13)26-16-4-7-29-8-5-16/h9,11,13,16-17,26H,1-8,10,12,25H2/t13?,17-/m1/s1. The molecule has 2 fully saturated rings. The zero-order valence-electron chi connectivity index (χ0n) is 16.4. The Bertz CT molecular complexity index is 762. The number of nitrogens with one attached hydrogen (secondary N) is 1. The van der Waals surface area contributed by atoms with Crippen LogP contribution in [0.3, 0.4) is 0 Å². The molecule has 160 valence electrons. The van der Waals surface area contributed by atoms with Gasteiger partial charge in [-0.2, -0.15) is 13.2 Å². The molecule has 4 rings (SSSR count). The fraction of sp³-hybridized carbons (Fsp3) is 0.667. The second kappa shape index (κ2) is 8.14. The predicted molar refractivity (Wildman–Crippen MR) is 103 cm³/mol. The molecule has 0 radical (unpaired) electrons. The van der Waals surface area contributed by atoms with E-state index in [9.17, 15) is 18.0 Å². The fourth-order valence-corrected chi connectivity index (χ4v) is 4.90. The number of hydrogen-bond donors (Lipinski definition) is 2. The lowest BCUT2D eigenvalue weighted by molar-refractivity contribution is -0.137. The summed E-state index contributed by atoms with van der Waals surface area (Å²) in [5.74, 6) is -0.0000491. The Kier molecular flexibility index (Phi) is 5.75. The van der Waals surface area contributed by atoms with E-state index in [1.807, 2.05) is 0 Å². The molecule has 8 heteroatoms. The predicted octanol–water partition coefficient (Wildman–Crippen LogP) is 3.11. The highest BCUT2D eigenvalue weighted by molar-refractivity contribution is 5.79. The first-order chi connectivity index (χ1) is 13.8. The number of carbonyl (C=O) groups excluding carboxylic acids is 1. The maximum atomic E-state index is 13.1. The van der Waals surface area contributed by atoms with E-state index >= 15 is 0 Å². The molecule has 0 spiro atoms. The molecule has 1 aromatic rings. The molecule has 3 N–H and O–H groups in total. The number of benzene rings is 1. The summed E-state index contributed by atoms with van der Waals surface area (Å²) >= 11 is 0. The van der Waals surface area contributed by atoms with Crippen LogP contribution in [0.25, 0.3) is 0 Å². The van der Waals surface area contributed by atoms with Gasteiger partial charge in [-0.25, -0.2) is 0 Å². The lowest BCUT2D eigenvalue weighted by atomic mass is 9.94. The highest BCUT2D eigenvalue weighted by Crippen LogP contribution is 2.36. The van der Waals surface area contributed by atoms with Crippen LogP contribution in [0.5, 0.6) is 0 Å². The van der Waals surface area contributed by atoms with E-state index in [-0.39, 0.29) is 24.1 Å². The maximum absolute atomic E-state index is 13.1. The summed E-state index contributed by atoms with van der Waals surface area (Å²) in [6.45, 7) is 2.28. The minimum atomic E-state index is -4.44. The number of halogens is 3. The quantitative estimate of drug-likeness (QED) is 0.750. The van der Waals surface area contributed by atoms with Crippen LogP contribution in [0, 0.1) is 5.92 Å². The summed E-state index contributed by atoms with van der Waals surface area (Å²) in [6.07, 6.45) is 0.648. The minimum Gasteiger partial charge on any atom is -0.398 e. The van der Waals surface area contributed by atoms with Gasteiger partial charge < -0.3 is 20.7 Å². The number of amides is 1. The maximum Gasteiger partial charge on any atom is 0.416 e. The average Bonchev–Trinajstić information content (AvgIpc) is 3.15. The largest absolute Gasteiger partial charge is 0.416 e. The van der Waals surface area contributed by atoms with Crippen molar-refractivity contribution in [3.05, 3.63) is 28.8 Å². The van der Waals surface area contributed by atoms with Gasteiger partial charge in [-0.1, -0.05) is 0 Å².